The van der Waals surface area contributed by atoms with Crippen LogP contribution in [0, 0.1) is 11.3 Å². The number of likely N-dealkylation sites (N-methyl/N-ethyl adjacent to an activating group) is 1. The Kier molecular flexibility index (Phi) is 4.38. The molecule has 1 heterocycles. The van der Waals surface area contributed by atoms with Crippen molar-refractivity contribution >= 4 is 5.91 Å². The maximum Gasteiger partial charge on any atom is 0.234 e. The van der Waals surface area contributed by atoms with Gasteiger partial charge < -0.3 is 9.73 Å². The van der Waals surface area contributed by atoms with Crippen LogP contribution in [-0.4, -0.2) is 30.9 Å². The van der Waals surface area contributed by atoms with E-state index >= 15 is 0 Å². The summed E-state index contributed by atoms with van der Waals surface area (Å²) in [6, 6.07) is 5.53. The number of rotatable bonds is 5. The molecule has 1 amide bonds. The highest BCUT2D eigenvalue weighted by atomic mass is 16.3. The summed E-state index contributed by atoms with van der Waals surface area (Å²) in [5, 5.41) is 11.1. The van der Waals surface area contributed by atoms with Crippen molar-refractivity contribution in [3.8, 4) is 6.07 Å². The van der Waals surface area contributed by atoms with Gasteiger partial charge in [-0.3, -0.25) is 9.69 Å². The molecule has 0 aromatic carbocycles. The van der Waals surface area contributed by atoms with E-state index in [0.29, 0.717) is 12.3 Å². The van der Waals surface area contributed by atoms with Gasteiger partial charge in [-0.2, -0.15) is 5.26 Å². The largest absolute Gasteiger partial charge is 0.467 e. The molecule has 0 atom stereocenters. The number of hydrogen-bond acceptors (Lipinski definition) is 4. The van der Waals surface area contributed by atoms with Gasteiger partial charge in [-0.05, 0) is 19.2 Å². The average Bonchev–Trinajstić information content (AvgIpc) is 2.67. The topological polar surface area (TPSA) is 69.3 Å². The summed E-state index contributed by atoms with van der Waals surface area (Å²) < 4.78 is 5.06. The number of nitrogens with one attached hydrogen (secondary N) is 1. The standard InChI is InChI=1S/C10H13N3O2/c1-13(5-4-11)8-10(14)12-7-9-3-2-6-15-9/h2-3,6H,5,7-8H2,1H3,(H,12,14). The summed E-state index contributed by atoms with van der Waals surface area (Å²) in [7, 11) is 1.72. The maximum absolute atomic E-state index is 11.3. The van der Waals surface area contributed by atoms with E-state index in [1.807, 2.05) is 6.07 Å². The molecule has 15 heavy (non-hydrogen) atoms. The molecule has 0 saturated carbocycles. The molecule has 5 nitrogen and oxygen atoms in total. The summed E-state index contributed by atoms with van der Waals surface area (Å²) >= 11 is 0. The van der Waals surface area contributed by atoms with E-state index in [9.17, 15) is 4.79 Å². The molecule has 0 aliphatic carbocycles. The number of furan rings is 1. The quantitative estimate of drug-likeness (QED) is 0.707. The third-order valence-electron chi connectivity index (χ3n) is 1.79. The molecule has 1 aromatic rings. The monoisotopic (exact) mass is 207 g/mol. The number of carbonyl (C=O) groups excluding carboxylic acids is 1. The zero-order valence-electron chi connectivity index (χ0n) is 8.56. The van der Waals surface area contributed by atoms with Gasteiger partial charge in [0.05, 0.1) is 32.0 Å². The van der Waals surface area contributed by atoms with Crippen LogP contribution in [0.4, 0.5) is 0 Å². The van der Waals surface area contributed by atoms with Crippen LogP contribution in [0.15, 0.2) is 22.8 Å². The Bertz CT molecular complexity index is 340. The van der Waals surface area contributed by atoms with Crippen molar-refractivity contribution in [1.29, 1.82) is 5.26 Å². The smallest absolute Gasteiger partial charge is 0.234 e. The van der Waals surface area contributed by atoms with Crippen molar-refractivity contribution in [2.75, 3.05) is 20.1 Å². The van der Waals surface area contributed by atoms with Gasteiger partial charge in [-0.25, -0.2) is 0 Å². The van der Waals surface area contributed by atoms with Crippen LogP contribution in [0.1, 0.15) is 5.76 Å². The van der Waals surface area contributed by atoms with Crippen molar-refractivity contribution in [1.82, 2.24) is 10.2 Å². The fraction of sp³-hybridized carbons (Fsp3) is 0.400. The highest BCUT2D eigenvalue weighted by molar-refractivity contribution is 5.77. The molecule has 1 aromatic heterocycles. The number of nitriles is 1. The second kappa shape index (κ2) is 5.83. The van der Waals surface area contributed by atoms with E-state index in [4.69, 9.17) is 9.68 Å². The van der Waals surface area contributed by atoms with Gasteiger partial charge >= 0.3 is 0 Å². The number of hydrogen-bond donors (Lipinski definition) is 1. The highest BCUT2D eigenvalue weighted by Gasteiger charge is 2.05. The zero-order chi connectivity index (χ0) is 11.1. The Labute approximate surface area is 88.3 Å². The summed E-state index contributed by atoms with van der Waals surface area (Å²) in [5.41, 5.74) is 0. The van der Waals surface area contributed by atoms with Gasteiger partial charge in [0.25, 0.3) is 0 Å². The summed E-state index contributed by atoms with van der Waals surface area (Å²) in [6.45, 7) is 0.842. The molecule has 0 spiro atoms. The van der Waals surface area contributed by atoms with Crippen LogP contribution in [-0.2, 0) is 11.3 Å². The molecule has 0 aliphatic heterocycles. The van der Waals surface area contributed by atoms with Gasteiger partial charge in [0.1, 0.15) is 5.76 Å². The lowest BCUT2D eigenvalue weighted by molar-refractivity contribution is -0.122. The lowest BCUT2D eigenvalue weighted by atomic mass is 10.4. The predicted octanol–water partition coefficient (Wildman–Crippen LogP) is 0.351. The lowest BCUT2D eigenvalue weighted by Crippen LogP contribution is -2.34. The maximum atomic E-state index is 11.3. The molecule has 0 radical (unpaired) electrons. The average molecular weight is 207 g/mol. The molecule has 0 bridgehead atoms. The first-order valence-electron chi connectivity index (χ1n) is 4.57. The van der Waals surface area contributed by atoms with E-state index < -0.39 is 0 Å². The number of nitrogens with zero attached hydrogens (tertiary/aromatic N) is 2. The number of amides is 1. The van der Waals surface area contributed by atoms with E-state index in [0.717, 1.165) is 0 Å². The molecule has 1 rings (SSSR count). The molecule has 0 unspecified atom stereocenters. The minimum atomic E-state index is -0.121. The first kappa shape index (κ1) is 11.3. The van der Waals surface area contributed by atoms with E-state index in [2.05, 4.69) is 5.32 Å². The minimum Gasteiger partial charge on any atom is -0.467 e. The fourth-order valence-electron chi connectivity index (χ4n) is 1.08. The second-order valence-corrected chi connectivity index (χ2v) is 3.19. The molecule has 80 valence electrons. The summed E-state index contributed by atoms with van der Waals surface area (Å²) in [6.07, 6.45) is 1.56. The van der Waals surface area contributed by atoms with Crippen LogP contribution in [0.2, 0.25) is 0 Å². The van der Waals surface area contributed by atoms with Gasteiger partial charge in [0.15, 0.2) is 0 Å². The zero-order valence-corrected chi connectivity index (χ0v) is 8.56. The van der Waals surface area contributed by atoms with Crippen LogP contribution in [0.25, 0.3) is 0 Å². The van der Waals surface area contributed by atoms with E-state index in [1.165, 1.54) is 0 Å². The van der Waals surface area contributed by atoms with Gasteiger partial charge in [0.2, 0.25) is 5.91 Å². The number of carbonyl (C=O) groups is 1. The third kappa shape index (κ3) is 4.29. The first-order valence-corrected chi connectivity index (χ1v) is 4.57. The van der Waals surface area contributed by atoms with Gasteiger partial charge in [0, 0.05) is 0 Å². The van der Waals surface area contributed by atoms with E-state index in [-0.39, 0.29) is 19.0 Å². The van der Waals surface area contributed by atoms with Crippen LogP contribution >= 0.6 is 0 Å². The highest BCUT2D eigenvalue weighted by Crippen LogP contribution is 1.98. The molecule has 1 N–H and O–H groups in total. The van der Waals surface area contributed by atoms with Crippen LogP contribution < -0.4 is 5.32 Å². The Morgan fingerprint density at radius 2 is 2.53 bits per heavy atom. The SMILES string of the molecule is CN(CC#N)CC(=O)NCc1ccco1. The molecule has 0 fully saturated rings. The molecule has 0 aliphatic rings. The fourth-order valence-corrected chi connectivity index (χ4v) is 1.08. The molecule has 5 heteroatoms. The van der Waals surface area contributed by atoms with Crippen LogP contribution in [0.3, 0.4) is 0 Å². The normalized spacial score (nSPS) is 9.93. The third-order valence-corrected chi connectivity index (χ3v) is 1.79. The summed E-state index contributed by atoms with van der Waals surface area (Å²) in [4.78, 5) is 13.0. The van der Waals surface area contributed by atoms with Crippen molar-refractivity contribution in [2.24, 2.45) is 0 Å². The van der Waals surface area contributed by atoms with Crippen molar-refractivity contribution in [3.63, 3.8) is 0 Å². The molecular weight excluding hydrogens is 194 g/mol. The predicted molar refractivity (Wildman–Crippen MR) is 53.7 cm³/mol. The minimum absolute atomic E-state index is 0.121. The second-order valence-electron chi connectivity index (χ2n) is 3.19. The Morgan fingerprint density at radius 1 is 1.73 bits per heavy atom. The Balaban J connectivity index is 2.22. The van der Waals surface area contributed by atoms with Crippen LogP contribution in [0.5, 0.6) is 0 Å². The lowest BCUT2D eigenvalue weighted by Gasteiger charge is -2.11. The van der Waals surface area contributed by atoms with Crippen molar-refractivity contribution < 1.29 is 9.21 Å². The van der Waals surface area contributed by atoms with Crippen molar-refractivity contribution in [2.45, 2.75) is 6.54 Å². The summed E-state index contributed by atoms with van der Waals surface area (Å²) in [5.74, 6) is 0.593. The molecular formula is C10H13N3O2. The Morgan fingerprint density at radius 3 is 3.13 bits per heavy atom. The van der Waals surface area contributed by atoms with Gasteiger partial charge in [-0.1, -0.05) is 0 Å². The van der Waals surface area contributed by atoms with Crippen molar-refractivity contribution in [3.05, 3.63) is 24.2 Å². The van der Waals surface area contributed by atoms with Gasteiger partial charge in [-0.15, -0.1) is 0 Å². The van der Waals surface area contributed by atoms with E-state index in [1.54, 1.807) is 30.3 Å². The first-order chi connectivity index (χ1) is 7.22. The Hall–Kier alpha value is -1.80. The molecule has 0 saturated heterocycles.